The summed E-state index contributed by atoms with van der Waals surface area (Å²) in [6, 6.07) is 0. The van der Waals surface area contributed by atoms with Crippen molar-refractivity contribution < 1.29 is 13.9 Å². The molecule has 0 heterocycles. The molecule has 0 aromatic rings. The molecule has 2 atom stereocenters. The molecule has 0 saturated carbocycles. The molecule has 0 bridgehead atoms. The van der Waals surface area contributed by atoms with Crippen molar-refractivity contribution in [1.29, 1.82) is 0 Å². The zero-order valence-corrected chi connectivity index (χ0v) is 16.9. The Morgan fingerprint density at radius 1 is 1.00 bits per heavy atom. The standard InChI is InChI=1S/C23H33FO2/c1-10-16(2)11-12-17(3)18(4)13-23(24)21(7)20(6)22(15-25-8)14-19(5)26-9/h11-14,16-17H,4-7,10,15H2,1-3,8-9H3/b12-11-,22-14-,23-13+. The second-order valence-corrected chi connectivity index (χ2v) is 6.36. The van der Waals surface area contributed by atoms with Crippen molar-refractivity contribution >= 4 is 0 Å². The van der Waals surface area contributed by atoms with E-state index in [0.29, 0.717) is 28.4 Å². The lowest BCUT2D eigenvalue weighted by Gasteiger charge is -2.14. The van der Waals surface area contributed by atoms with Gasteiger partial charge >= 0.3 is 0 Å². The lowest BCUT2D eigenvalue weighted by molar-refractivity contribution is 0.226. The average Bonchev–Trinajstić information content (AvgIpc) is 2.63. The SMILES string of the molecule is C=C(/C=C(/COC)C(=C)C(=C)/C(F)=C\C(=C)C(C)/C=C\C(C)CC)OC. The van der Waals surface area contributed by atoms with E-state index < -0.39 is 5.83 Å². The Kier molecular flexibility index (Phi) is 11.3. The summed E-state index contributed by atoms with van der Waals surface area (Å²) in [6.07, 6.45) is 8.32. The first-order valence-corrected chi connectivity index (χ1v) is 8.73. The highest BCUT2D eigenvalue weighted by Gasteiger charge is 2.13. The molecular weight excluding hydrogens is 327 g/mol. The van der Waals surface area contributed by atoms with Crippen molar-refractivity contribution in [3.63, 3.8) is 0 Å². The maximum atomic E-state index is 14.6. The average molecular weight is 361 g/mol. The van der Waals surface area contributed by atoms with Gasteiger partial charge in [-0.15, -0.1) is 0 Å². The predicted molar refractivity (Wildman–Crippen MR) is 110 cm³/mol. The van der Waals surface area contributed by atoms with Gasteiger partial charge in [0.2, 0.25) is 0 Å². The molecule has 0 radical (unpaired) electrons. The Morgan fingerprint density at radius 3 is 2.12 bits per heavy atom. The van der Waals surface area contributed by atoms with Crippen LogP contribution in [0.5, 0.6) is 0 Å². The van der Waals surface area contributed by atoms with Crippen LogP contribution in [0, 0.1) is 11.8 Å². The number of halogens is 1. The monoisotopic (exact) mass is 360 g/mol. The molecule has 0 saturated heterocycles. The Bertz CT molecular complexity index is 620. The fraction of sp³-hybridized carbons (Fsp3) is 0.391. The van der Waals surface area contributed by atoms with Gasteiger partial charge in [-0.05, 0) is 40.7 Å². The third kappa shape index (κ3) is 8.30. The molecule has 0 aromatic carbocycles. The van der Waals surface area contributed by atoms with Gasteiger partial charge in [0.05, 0.1) is 13.7 Å². The fourth-order valence-electron chi connectivity index (χ4n) is 1.96. The van der Waals surface area contributed by atoms with Crippen LogP contribution in [-0.2, 0) is 9.47 Å². The van der Waals surface area contributed by atoms with Crippen molar-refractivity contribution in [1.82, 2.24) is 0 Å². The zero-order chi connectivity index (χ0) is 20.3. The summed E-state index contributed by atoms with van der Waals surface area (Å²) in [5, 5.41) is 0. The Labute approximate surface area is 158 Å². The van der Waals surface area contributed by atoms with Gasteiger partial charge in [-0.3, -0.25) is 0 Å². The highest BCUT2D eigenvalue weighted by molar-refractivity contribution is 5.53. The first-order valence-electron chi connectivity index (χ1n) is 8.73. The van der Waals surface area contributed by atoms with Crippen LogP contribution in [0.1, 0.15) is 27.2 Å². The molecule has 0 aliphatic heterocycles. The largest absolute Gasteiger partial charge is 0.497 e. The van der Waals surface area contributed by atoms with E-state index in [1.54, 1.807) is 13.2 Å². The lowest BCUT2D eigenvalue weighted by atomic mass is 9.95. The normalized spacial score (nSPS) is 14.8. The van der Waals surface area contributed by atoms with E-state index in [4.69, 9.17) is 9.47 Å². The zero-order valence-electron chi connectivity index (χ0n) is 16.9. The Hall–Kier alpha value is -2.13. The summed E-state index contributed by atoms with van der Waals surface area (Å²) in [6.45, 7) is 22.0. The Morgan fingerprint density at radius 2 is 1.62 bits per heavy atom. The van der Waals surface area contributed by atoms with Crippen molar-refractivity contribution in [2.24, 2.45) is 11.8 Å². The van der Waals surface area contributed by atoms with E-state index in [1.807, 2.05) is 6.92 Å². The number of hydrogen-bond donors (Lipinski definition) is 0. The summed E-state index contributed by atoms with van der Waals surface area (Å²) < 4.78 is 24.8. The van der Waals surface area contributed by atoms with Gasteiger partial charge in [-0.2, -0.15) is 0 Å². The third-order valence-corrected chi connectivity index (χ3v) is 4.21. The first-order chi connectivity index (χ1) is 12.2. The lowest BCUT2D eigenvalue weighted by Crippen LogP contribution is -2.02. The van der Waals surface area contributed by atoms with Crippen molar-refractivity contribution in [2.75, 3.05) is 20.8 Å². The van der Waals surface area contributed by atoms with Crippen LogP contribution in [-0.4, -0.2) is 20.8 Å². The maximum absolute atomic E-state index is 14.6. The van der Waals surface area contributed by atoms with Gasteiger partial charge in [0.15, 0.2) is 0 Å². The molecule has 2 nitrogen and oxygen atoms in total. The van der Waals surface area contributed by atoms with E-state index in [0.717, 1.165) is 6.42 Å². The minimum Gasteiger partial charge on any atom is -0.497 e. The van der Waals surface area contributed by atoms with Crippen molar-refractivity contribution in [2.45, 2.75) is 27.2 Å². The quantitative estimate of drug-likeness (QED) is 0.225. The van der Waals surface area contributed by atoms with E-state index in [-0.39, 0.29) is 18.1 Å². The van der Waals surface area contributed by atoms with E-state index in [2.05, 4.69) is 52.3 Å². The van der Waals surface area contributed by atoms with Crippen LogP contribution < -0.4 is 0 Å². The molecule has 144 valence electrons. The van der Waals surface area contributed by atoms with E-state index in [1.165, 1.54) is 13.2 Å². The van der Waals surface area contributed by atoms with Gasteiger partial charge in [-0.25, -0.2) is 4.39 Å². The van der Waals surface area contributed by atoms with Gasteiger partial charge in [0, 0.05) is 12.7 Å². The summed E-state index contributed by atoms with van der Waals surface area (Å²) in [5.41, 5.74) is 1.96. The van der Waals surface area contributed by atoms with Gasteiger partial charge in [-0.1, -0.05) is 65.7 Å². The molecule has 3 heteroatoms. The molecular formula is C23H33FO2. The summed E-state index contributed by atoms with van der Waals surface area (Å²) in [7, 11) is 3.07. The second kappa shape index (κ2) is 12.3. The minimum absolute atomic E-state index is 0.0399. The summed E-state index contributed by atoms with van der Waals surface area (Å²) in [5.74, 6) is 0.500. The first kappa shape index (κ1) is 23.9. The smallest absolute Gasteiger partial charge is 0.130 e. The summed E-state index contributed by atoms with van der Waals surface area (Å²) in [4.78, 5) is 0. The van der Waals surface area contributed by atoms with E-state index >= 15 is 0 Å². The number of allylic oxidation sites excluding steroid dienone is 7. The van der Waals surface area contributed by atoms with Crippen LogP contribution in [0.15, 0.2) is 84.5 Å². The molecule has 0 rings (SSSR count). The van der Waals surface area contributed by atoms with Crippen molar-refractivity contribution in [3.8, 4) is 0 Å². The minimum atomic E-state index is -0.464. The van der Waals surface area contributed by atoms with E-state index in [9.17, 15) is 4.39 Å². The van der Waals surface area contributed by atoms with Crippen LogP contribution in [0.2, 0.25) is 0 Å². The van der Waals surface area contributed by atoms with Gasteiger partial charge in [0.25, 0.3) is 0 Å². The number of methoxy groups -OCH3 is 2. The fourth-order valence-corrected chi connectivity index (χ4v) is 1.96. The Balaban J connectivity index is 5.27. The number of rotatable bonds is 12. The molecule has 0 aliphatic carbocycles. The number of ether oxygens (including phenoxy) is 2. The molecule has 0 amide bonds. The summed E-state index contributed by atoms with van der Waals surface area (Å²) >= 11 is 0. The molecule has 0 N–H and O–H groups in total. The molecule has 0 fully saturated rings. The molecule has 2 unspecified atom stereocenters. The maximum Gasteiger partial charge on any atom is 0.130 e. The molecule has 0 aliphatic rings. The van der Waals surface area contributed by atoms with Crippen LogP contribution in [0.3, 0.4) is 0 Å². The third-order valence-electron chi connectivity index (χ3n) is 4.21. The predicted octanol–water partition coefficient (Wildman–Crippen LogP) is 6.48. The van der Waals surface area contributed by atoms with Crippen LogP contribution in [0.4, 0.5) is 4.39 Å². The molecule has 0 spiro atoms. The highest BCUT2D eigenvalue weighted by atomic mass is 19.1. The van der Waals surface area contributed by atoms with Crippen molar-refractivity contribution in [3.05, 3.63) is 84.5 Å². The van der Waals surface area contributed by atoms with Gasteiger partial charge < -0.3 is 9.47 Å². The molecule has 26 heavy (non-hydrogen) atoms. The second-order valence-electron chi connectivity index (χ2n) is 6.36. The van der Waals surface area contributed by atoms with Crippen LogP contribution >= 0.6 is 0 Å². The molecule has 0 aromatic heterocycles. The highest BCUT2D eigenvalue weighted by Crippen LogP contribution is 2.27. The van der Waals surface area contributed by atoms with Crippen LogP contribution in [0.25, 0.3) is 0 Å². The topological polar surface area (TPSA) is 18.5 Å². The number of hydrogen-bond acceptors (Lipinski definition) is 2. The van der Waals surface area contributed by atoms with Gasteiger partial charge in [0.1, 0.15) is 11.6 Å².